The van der Waals surface area contributed by atoms with Crippen molar-refractivity contribution >= 4 is 34.6 Å². The third kappa shape index (κ3) is 4.44. The SMILES string of the molecule is O=C(Nc1ccc(N2CCOCC2)cc1)c1ccc(-c2csc(C(=O)O)n2)cc1. The van der Waals surface area contributed by atoms with Crippen LogP contribution in [0.3, 0.4) is 0 Å². The molecular weight excluding hydrogens is 390 g/mol. The van der Waals surface area contributed by atoms with Crippen LogP contribution < -0.4 is 10.2 Å². The van der Waals surface area contributed by atoms with Gasteiger partial charge in [-0.05, 0) is 36.4 Å². The Labute approximate surface area is 171 Å². The van der Waals surface area contributed by atoms with Crippen LogP contribution in [-0.4, -0.2) is 48.3 Å². The first-order valence-electron chi connectivity index (χ1n) is 9.13. The Kier molecular flexibility index (Phi) is 5.55. The summed E-state index contributed by atoms with van der Waals surface area (Å²) in [6, 6.07) is 14.7. The predicted octanol–water partition coefficient (Wildman–Crippen LogP) is 3.60. The highest BCUT2D eigenvalue weighted by atomic mass is 32.1. The van der Waals surface area contributed by atoms with Gasteiger partial charge in [-0.15, -0.1) is 11.3 Å². The highest BCUT2D eigenvalue weighted by molar-refractivity contribution is 7.11. The first-order valence-corrected chi connectivity index (χ1v) is 10.0. The highest BCUT2D eigenvalue weighted by Gasteiger charge is 2.13. The number of carbonyl (C=O) groups excluding carboxylic acids is 1. The van der Waals surface area contributed by atoms with Crippen molar-refractivity contribution in [1.29, 1.82) is 0 Å². The van der Waals surface area contributed by atoms with Gasteiger partial charge in [-0.25, -0.2) is 9.78 Å². The molecule has 1 aromatic heterocycles. The molecule has 1 amide bonds. The summed E-state index contributed by atoms with van der Waals surface area (Å²) in [5.74, 6) is -1.25. The summed E-state index contributed by atoms with van der Waals surface area (Å²) in [5.41, 5.74) is 3.69. The molecule has 0 radical (unpaired) electrons. The standard InChI is InChI=1S/C21H19N3O4S/c25-19(22-16-5-7-17(8-6-16)24-9-11-28-12-10-24)15-3-1-14(2-4-15)18-13-29-20(23-18)21(26)27/h1-8,13H,9-12H2,(H,22,25)(H,26,27). The molecule has 8 heteroatoms. The van der Waals surface area contributed by atoms with Crippen LogP contribution >= 0.6 is 11.3 Å². The molecule has 0 atom stereocenters. The number of rotatable bonds is 5. The lowest BCUT2D eigenvalue weighted by molar-refractivity contribution is 0.0696. The van der Waals surface area contributed by atoms with Gasteiger partial charge >= 0.3 is 5.97 Å². The Morgan fingerprint density at radius 3 is 2.34 bits per heavy atom. The molecule has 148 valence electrons. The first kappa shape index (κ1) is 19.1. The Hall–Kier alpha value is -3.23. The molecule has 1 fully saturated rings. The van der Waals surface area contributed by atoms with Crippen LogP contribution in [0.4, 0.5) is 11.4 Å². The van der Waals surface area contributed by atoms with E-state index in [-0.39, 0.29) is 10.9 Å². The van der Waals surface area contributed by atoms with Crippen molar-refractivity contribution in [2.24, 2.45) is 0 Å². The normalized spacial score (nSPS) is 13.9. The van der Waals surface area contributed by atoms with E-state index in [4.69, 9.17) is 9.84 Å². The van der Waals surface area contributed by atoms with Gasteiger partial charge in [-0.2, -0.15) is 0 Å². The number of aromatic nitrogens is 1. The van der Waals surface area contributed by atoms with Crippen molar-refractivity contribution < 1.29 is 19.4 Å². The van der Waals surface area contributed by atoms with Crippen LogP contribution in [0.2, 0.25) is 0 Å². The van der Waals surface area contributed by atoms with Gasteiger partial charge in [-0.3, -0.25) is 4.79 Å². The molecule has 3 aromatic rings. The fraction of sp³-hybridized carbons (Fsp3) is 0.190. The number of hydrogen-bond donors (Lipinski definition) is 2. The molecule has 0 saturated carbocycles. The van der Waals surface area contributed by atoms with Crippen LogP contribution in [0.25, 0.3) is 11.3 Å². The van der Waals surface area contributed by atoms with E-state index in [2.05, 4.69) is 15.2 Å². The maximum absolute atomic E-state index is 12.5. The highest BCUT2D eigenvalue weighted by Crippen LogP contribution is 2.23. The molecule has 0 unspecified atom stereocenters. The van der Waals surface area contributed by atoms with Gasteiger partial charge < -0.3 is 20.1 Å². The topological polar surface area (TPSA) is 91.8 Å². The Balaban J connectivity index is 1.41. The maximum atomic E-state index is 12.5. The van der Waals surface area contributed by atoms with Gasteiger partial charge in [0.1, 0.15) is 0 Å². The second-order valence-electron chi connectivity index (χ2n) is 6.52. The molecule has 1 saturated heterocycles. The van der Waals surface area contributed by atoms with Crippen molar-refractivity contribution in [3.63, 3.8) is 0 Å². The molecule has 1 aliphatic heterocycles. The molecule has 0 aliphatic carbocycles. The summed E-state index contributed by atoms with van der Waals surface area (Å²) in [6.07, 6.45) is 0. The van der Waals surface area contributed by atoms with Crippen molar-refractivity contribution in [2.45, 2.75) is 0 Å². The zero-order valence-electron chi connectivity index (χ0n) is 15.5. The number of anilines is 2. The number of ether oxygens (including phenoxy) is 1. The molecular formula is C21H19N3O4S. The third-order valence-corrected chi connectivity index (χ3v) is 5.46. The van der Waals surface area contributed by atoms with Gasteiger partial charge in [0, 0.05) is 41.0 Å². The number of benzene rings is 2. The lowest BCUT2D eigenvalue weighted by atomic mass is 10.1. The summed E-state index contributed by atoms with van der Waals surface area (Å²) < 4.78 is 5.37. The number of carbonyl (C=O) groups is 2. The van der Waals surface area contributed by atoms with Crippen LogP contribution in [0.15, 0.2) is 53.9 Å². The molecule has 2 N–H and O–H groups in total. The zero-order valence-corrected chi connectivity index (χ0v) is 16.3. The Morgan fingerprint density at radius 1 is 1.03 bits per heavy atom. The first-order chi connectivity index (χ1) is 14.1. The molecule has 1 aliphatic rings. The number of aromatic carboxylic acids is 1. The van der Waals surface area contributed by atoms with Gasteiger partial charge in [0.2, 0.25) is 5.01 Å². The molecule has 0 spiro atoms. The molecule has 2 aromatic carbocycles. The number of nitrogens with zero attached hydrogens (tertiary/aromatic N) is 2. The van der Waals surface area contributed by atoms with Crippen molar-refractivity contribution in [3.8, 4) is 11.3 Å². The average Bonchev–Trinajstić information content (AvgIpc) is 3.26. The lowest BCUT2D eigenvalue weighted by Gasteiger charge is -2.28. The number of morpholine rings is 1. The zero-order chi connectivity index (χ0) is 20.2. The van der Waals surface area contributed by atoms with Gasteiger partial charge in [0.05, 0.1) is 18.9 Å². The summed E-state index contributed by atoms with van der Waals surface area (Å²) in [6.45, 7) is 3.19. The van der Waals surface area contributed by atoms with E-state index in [0.29, 0.717) is 11.3 Å². The predicted molar refractivity (Wildman–Crippen MR) is 112 cm³/mol. The third-order valence-electron chi connectivity index (χ3n) is 4.63. The van der Waals surface area contributed by atoms with Crippen molar-refractivity contribution in [1.82, 2.24) is 4.98 Å². The second kappa shape index (κ2) is 8.42. The van der Waals surface area contributed by atoms with E-state index >= 15 is 0 Å². The number of amides is 1. The van der Waals surface area contributed by atoms with Gasteiger partial charge in [0.15, 0.2) is 0 Å². The molecule has 7 nitrogen and oxygen atoms in total. The van der Waals surface area contributed by atoms with E-state index in [1.165, 1.54) is 0 Å². The summed E-state index contributed by atoms with van der Waals surface area (Å²) >= 11 is 1.08. The fourth-order valence-corrected chi connectivity index (χ4v) is 3.74. The molecule has 2 heterocycles. The smallest absolute Gasteiger partial charge is 0.365 e. The van der Waals surface area contributed by atoms with Crippen molar-refractivity contribution in [2.75, 3.05) is 36.5 Å². The lowest BCUT2D eigenvalue weighted by Crippen LogP contribution is -2.36. The minimum Gasteiger partial charge on any atom is -0.476 e. The van der Waals surface area contributed by atoms with E-state index in [1.54, 1.807) is 29.6 Å². The molecule has 0 bridgehead atoms. The number of nitrogens with one attached hydrogen (secondary N) is 1. The van der Waals surface area contributed by atoms with Gasteiger partial charge in [0.25, 0.3) is 5.91 Å². The van der Waals surface area contributed by atoms with E-state index in [0.717, 1.165) is 54.6 Å². The summed E-state index contributed by atoms with van der Waals surface area (Å²) in [7, 11) is 0. The minimum atomic E-state index is -1.04. The van der Waals surface area contributed by atoms with Crippen LogP contribution in [-0.2, 0) is 4.74 Å². The molecule has 4 rings (SSSR count). The largest absolute Gasteiger partial charge is 0.476 e. The van der Waals surface area contributed by atoms with Crippen LogP contribution in [0.5, 0.6) is 0 Å². The monoisotopic (exact) mass is 409 g/mol. The molecule has 29 heavy (non-hydrogen) atoms. The number of carboxylic acids is 1. The maximum Gasteiger partial charge on any atom is 0.365 e. The average molecular weight is 409 g/mol. The van der Waals surface area contributed by atoms with E-state index in [9.17, 15) is 9.59 Å². The van der Waals surface area contributed by atoms with E-state index < -0.39 is 5.97 Å². The fourth-order valence-electron chi connectivity index (χ4n) is 3.08. The van der Waals surface area contributed by atoms with E-state index in [1.807, 2.05) is 24.3 Å². The number of thiazole rings is 1. The Morgan fingerprint density at radius 2 is 1.72 bits per heavy atom. The minimum absolute atomic E-state index is 0.0438. The van der Waals surface area contributed by atoms with Gasteiger partial charge in [-0.1, -0.05) is 12.1 Å². The van der Waals surface area contributed by atoms with Crippen molar-refractivity contribution in [3.05, 3.63) is 64.5 Å². The van der Waals surface area contributed by atoms with Crippen LogP contribution in [0, 0.1) is 0 Å². The van der Waals surface area contributed by atoms with Crippen LogP contribution in [0.1, 0.15) is 20.2 Å². The second-order valence-corrected chi connectivity index (χ2v) is 7.38. The summed E-state index contributed by atoms with van der Waals surface area (Å²) in [5, 5.41) is 13.6. The number of hydrogen-bond acceptors (Lipinski definition) is 6. The quantitative estimate of drug-likeness (QED) is 0.669. The summed E-state index contributed by atoms with van der Waals surface area (Å²) in [4.78, 5) is 29.8. The Bertz CT molecular complexity index is 1010. The number of carboxylic acid groups (broad SMARTS) is 1.